The molecular weight excluding hydrogens is 347 g/mol. The number of rotatable bonds is 5. The molecule has 0 unspecified atom stereocenters. The van der Waals surface area contributed by atoms with Crippen molar-refractivity contribution in [2.45, 2.75) is 25.7 Å². The molecule has 1 heterocycles. The molecule has 122 valence electrons. The van der Waals surface area contributed by atoms with E-state index in [2.05, 4.69) is 5.32 Å². The zero-order chi connectivity index (χ0) is 16.2. The van der Waals surface area contributed by atoms with Crippen LogP contribution in [-0.4, -0.2) is 37.5 Å². The molecule has 1 N–H and O–H groups in total. The molecule has 0 aromatic heterocycles. The fourth-order valence-corrected chi connectivity index (χ4v) is 4.15. The molecule has 1 aromatic carbocycles. The molecule has 1 saturated heterocycles. The maximum absolute atomic E-state index is 12.2. The molecule has 0 saturated carbocycles. The van der Waals surface area contributed by atoms with Crippen molar-refractivity contribution in [1.82, 2.24) is 4.31 Å². The van der Waals surface area contributed by atoms with E-state index in [0.717, 1.165) is 19.3 Å². The molecule has 0 aliphatic carbocycles. The second-order valence-electron chi connectivity index (χ2n) is 5.20. The maximum atomic E-state index is 12.2. The van der Waals surface area contributed by atoms with Gasteiger partial charge in [-0.25, -0.2) is 12.7 Å². The minimum atomic E-state index is -3.38. The molecule has 1 aliphatic rings. The molecule has 8 heteroatoms. The highest BCUT2D eigenvalue weighted by atomic mass is 35.5. The number of carbonyl (C=O) groups excluding carboxylic acids is 1. The van der Waals surface area contributed by atoms with Crippen molar-refractivity contribution in [3.63, 3.8) is 0 Å². The van der Waals surface area contributed by atoms with Gasteiger partial charge in [-0.15, -0.1) is 0 Å². The number of piperidine rings is 1. The molecule has 0 atom stereocenters. The van der Waals surface area contributed by atoms with Gasteiger partial charge in [0, 0.05) is 24.5 Å². The standard InChI is InChI=1S/C14H18Cl2N2O3S/c15-11-4-5-12(16)13(10-11)17-14(19)6-9-22(20,21)18-7-2-1-3-8-18/h4-5,10H,1-3,6-9H2,(H,17,19). The van der Waals surface area contributed by atoms with E-state index < -0.39 is 15.9 Å². The summed E-state index contributed by atoms with van der Waals surface area (Å²) in [6, 6.07) is 4.71. The van der Waals surface area contributed by atoms with Crippen LogP contribution in [0.1, 0.15) is 25.7 Å². The second kappa shape index (κ2) is 7.64. The normalized spacial score (nSPS) is 16.5. The maximum Gasteiger partial charge on any atom is 0.225 e. The monoisotopic (exact) mass is 364 g/mol. The lowest BCUT2D eigenvalue weighted by atomic mass is 10.2. The molecule has 0 bridgehead atoms. The van der Waals surface area contributed by atoms with Gasteiger partial charge in [0.05, 0.1) is 16.5 Å². The average Bonchev–Trinajstić information content (AvgIpc) is 2.50. The molecular formula is C14H18Cl2N2O3S. The van der Waals surface area contributed by atoms with Crippen LogP contribution in [0.5, 0.6) is 0 Å². The van der Waals surface area contributed by atoms with Crippen LogP contribution in [0.15, 0.2) is 18.2 Å². The average molecular weight is 365 g/mol. The van der Waals surface area contributed by atoms with E-state index in [4.69, 9.17) is 23.2 Å². The van der Waals surface area contributed by atoms with Crippen LogP contribution < -0.4 is 5.32 Å². The lowest BCUT2D eigenvalue weighted by Crippen LogP contribution is -2.37. The summed E-state index contributed by atoms with van der Waals surface area (Å²) in [7, 11) is -3.38. The quantitative estimate of drug-likeness (QED) is 0.872. The Kier molecular flexibility index (Phi) is 6.09. The van der Waals surface area contributed by atoms with Crippen LogP contribution >= 0.6 is 23.2 Å². The smallest absolute Gasteiger partial charge is 0.225 e. The first-order chi connectivity index (χ1) is 10.4. The molecule has 0 spiro atoms. The Balaban J connectivity index is 1.90. The van der Waals surface area contributed by atoms with E-state index in [1.54, 1.807) is 12.1 Å². The van der Waals surface area contributed by atoms with Gasteiger partial charge in [0.15, 0.2) is 0 Å². The molecule has 1 amide bonds. The summed E-state index contributed by atoms with van der Waals surface area (Å²) >= 11 is 11.8. The fraction of sp³-hybridized carbons (Fsp3) is 0.500. The number of carbonyl (C=O) groups is 1. The van der Waals surface area contributed by atoms with Gasteiger partial charge >= 0.3 is 0 Å². The second-order valence-corrected chi connectivity index (χ2v) is 8.13. The first-order valence-electron chi connectivity index (χ1n) is 7.11. The van der Waals surface area contributed by atoms with Crippen molar-refractivity contribution < 1.29 is 13.2 Å². The number of anilines is 1. The summed E-state index contributed by atoms with van der Waals surface area (Å²) in [6.07, 6.45) is 2.70. The number of sulfonamides is 1. The summed E-state index contributed by atoms with van der Waals surface area (Å²) < 4.78 is 25.8. The molecule has 2 rings (SSSR count). The Morgan fingerprint density at radius 3 is 2.55 bits per heavy atom. The van der Waals surface area contributed by atoms with Crippen molar-refractivity contribution >= 4 is 44.8 Å². The largest absolute Gasteiger partial charge is 0.325 e. The summed E-state index contributed by atoms with van der Waals surface area (Å²) in [5.74, 6) is -0.596. The van der Waals surface area contributed by atoms with Gasteiger partial charge in [-0.3, -0.25) is 4.79 Å². The summed E-state index contributed by atoms with van der Waals surface area (Å²) in [6.45, 7) is 1.09. The van der Waals surface area contributed by atoms with E-state index in [1.165, 1.54) is 10.4 Å². The third kappa shape index (κ3) is 4.84. The third-order valence-electron chi connectivity index (χ3n) is 3.50. The number of halogens is 2. The number of nitrogens with zero attached hydrogens (tertiary/aromatic N) is 1. The highest BCUT2D eigenvalue weighted by Gasteiger charge is 2.24. The lowest BCUT2D eigenvalue weighted by Gasteiger charge is -2.25. The first kappa shape index (κ1) is 17.5. The van der Waals surface area contributed by atoms with Gasteiger partial charge in [0.2, 0.25) is 15.9 Å². The van der Waals surface area contributed by atoms with Gasteiger partial charge in [-0.2, -0.15) is 0 Å². The minimum Gasteiger partial charge on any atom is -0.325 e. The van der Waals surface area contributed by atoms with Gasteiger partial charge in [0.1, 0.15) is 0 Å². The Morgan fingerprint density at radius 1 is 1.18 bits per heavy atom. The van der Waals surface area contributed by atoms with Crippen LogP contribution in [0.4, 0.5) is 5.69 Å². The Morgan fingerprint density at radius 2 is 1.86 bits per heavy atom. The Bertz CT molecular complexity index is 643. The van der Waals surface area contributed by atoms with Crippen molar-refractivity contribution in [2.24, 2.45) is 0 Å². The number of hydrogen-bond acceptors (Lipinski definition) is 3. The SMILES string of the molecule is O=C(CCS(=O)(=O)N1CCCCC1)Nc1cc(Cl)ccc1Cl. The minimum absolute atomic E-state index is 0.109. The van der Waals surface area contributed by atoms with Crippen molar-refractivity contribution in [3.05, 3.63) is 28.2 Å². The van der Waals surface area contributed by atoms with Crippen LogP contribution in [-0.2, 0) is 14.8 Å². The predicted octanol–water partition coefficient (Wildman–Crippen LogP) is 3.14. The van der Waals surface area contributed by atoms with E-state index in [0.29, 0.717) is 28.8 Å². The number of nitrogens with one attached hydrogen (secondary N) is 1. The Hall–Kier alpha value is -0.820. The number of benzene rings is 1. The summed E-state index contributed by atoms with van der Waals surface area (Å²) in [5, 5.41) is 3.39. The molecule has 0 radical (unpaired) electrons. The van der Waals surface area contributed by atoms with Gasteiger partial charge in [0.25, 0.3) is 0 Å². The molecule has 22 heavy (non-hydrogen) atoms. The van der Waals surface area contributed by atoms with Gasteiger partial charge in [-0.05, 0) is 31.0 Å². The van der Waals surface area contributed by atoms with E-state index in [1.807, 2.05) is 0 Å². The van der Waals surface area contributed by atoms with E-state index >= 15 is 0 Å². The first-order valence-corrected chi connectivity index (χ1v) is 9.48. The van der Waals surface area contributed by atoms with Crippen LogP contribution in [0.2, 0.25) is 10.0 Å². The molecule has 1 aromatic rings. The third-order valence-corrected chi connectivity index (χ3v) is 5.93. The summed E-state index contributed by atoms with van der Waals surface area (Å²) in [4.78, 5) is 11.9. The van der Waals surface area contributed by atoms with Gasteiger partial charge < -0.3 is 5.32 Å². The molecule has 1 fully saturated rings. The number of hydrogen-bond donors (Lipinski definition) is 1. The van der Waals surface area contributed by atoms with Crippen LogP contribution in [0, 0.1) is 0 Å². The highest BCUT2D eigenvalue weighted by Crippen LogP contribution is 2.25. The molecule has 5 nitrogen and oxygen atoms in total. The van der Waals surface area contributed by atoms with Crippen LogP contribution in [0.3, 0.4) is 0 Å². The number of amides is 1. The molecule has 1 aliphatic heterocycles. The lowest BCUT2D eigenvalue weighted by molar-refractivity contribution is -0.115. The fourth-order valence-electron chi connectivity index (χ4n) is 2.30. The van der Waals surface area contributed by atoms with Crippen molar-refractivity contribution in [1.29, 1.82) is 0 Å². The van der Waals surface area contributed by atoms with Crippen LogP contribution in [0.25, 0.3) is 0 Å². The van der Waals surface area contributed by atoms with E-state index in [9.17, 15) is 13.2 Å². The zero-order valence-electron chi connectivity index (χ0n) is 12.0. The zero-order valence-corrected chi connectivity index (χ0v) is 14.3. The summed E-state index contributed by atoms with van der Waals surface area (Å²) in [5.41, 5.74) is 0.384. The Labute approximate surface area is 140 Å². The van der Waals surface area contributed by atoms with Crippen molar-refractivity contribution in [3.8, 4) is 0 Å². The topological polar surface area (TPSA) is 66.5 Å². The highest BCUT2D eigenvalue weighted by molar-refractivity contribution is 7.89. The van der Waals surface area contributed by atoms with E-state index in [-0.39, 0.29) is 12.2 Å². The predicted molar refractivity (Wildman–Crippen MR) is 88.9 cm³/mol. The van der Waals surface area contributed by atoms with Gasteiger partial charge in [-0.1, -0.05) is 29.6 Å². The van der Waals surface area contributed by atoms with Crippen molar-refractivity contribution in [2.75, 3.05) is 24.2 Å².